The average molecular weight is 298 g/mol. The molecule has 1 aromatic heterocycles. The van der Waals surface area contributed by atoms with E-state index < -0.39 is 19.1 Å². The van der Waals surface area contributed by atoms with Crippen LogP contribution < -0.4 is 0 Å². The van der Waals surface area contributed by atoms with Crippen molar-refractivity contribution in [2.75, 3.05) is 26.4 Å². The molecule has 0 saturated heterocycles. The second kappa shape index (κ2) is 8.18. The molecule has 1 aromatic rings. The molecule has 0 atom stereocenters. The molecule has 0 spiro atoms. The van der Waals surface area contributed by atoms with Gasteiger partial charge in [-0.15, -0.1) is 0 Å². The first kappa shape index (κ1) is 16.9. The fourth-order valence-electron chi connectivity index (χ4n) is 1.31. The predicted molar refractivity (Wildman–Crippen MR) is 60.9 cm³/mol. The van der Waals surface area contributed by atoms with Crippen LogP contribution in [0.15, 0.2) is 4.52 Å². The molecule has 0 N–H and O–H groups in total. The van der Waals surface area contributed by atoms with Crippen LogP contribution in [0.25, 0.3) is 0 Å². The normalized spacial score (nSPS) is 12.3. The Hall–Kier alpha value is -1.19. The summed E-state index contributed by atoms with van der Waals surface area (Å²) in [7, 11) is 0. The van der Waals surface area contributed by atoms with E-state index in [-0.39, 0.29) is 24.7 Å². The van der Waals surface area contributed by atoms with Crippen molar-refractivity contribution in [2.24, 2.45) is 0 Å². The van der Waals surface area contributed by atoms with E-state index in [0.717, 1.165) is 0 Å². The molecular weight excluding hydrogens is 281 g/mol. The summed E-state index contributed by atoms with van der Waals surface area (Å²) >= 11 is 0. The molecule has 0 aliphatic carbocycles. The molecule has 0 amide bonds. The van der Waals surface area contributed by atoms with Gasteiger partial charge in [-0.05, 0) is 13.8 Å². The maximum absolute atomic E-state index is 11.9. The van der Waals surface area contributed by atoms with E-state index in [4.69, 9.17) is 14.0 Å². The summed E-state index contributed by atoms with van der Waals surface area (Å²) in [5.74, 6) is 0.381. The van der Waals surface area contributed by atoms with Crippen LogP contribution in [-0.2, 0) is 20.6 Å². The van der Waals surface area contributed by atoms with Crippen molar-refractivity contribution in [1.29, 1.82) is 0 Å². The van der Waals surface area contributed by atoms with Crippen LogP contribution in [0.5, 0.6) is 0 Å². The monoisotopic (exact) mass is 298 g/mol. The fraction of sp³-hybridized carbons (Fsp3) is 0.818. The van der Waals surface area contributed by atoms with E-state index in [9.17, 15) is 13.2 Å². The minimum atomic E-state index is -4.34. The SMILES string of the molecule is CCOC(OCC)c1nc(CCOCC(F)(F)F)no1. The van der Waals surface area contributed by atoms with Gasteiger partial charge in [0.1, 0.15) is 6.61 Å². The van der Waals surface area contributed by atoms with Crippen LogP contribution >= 0.6 is 0 Å². The maximum atomic E-state index is 11.9. The van der Waals surface area contributed by atoms with E-state index in [1.165, 1.54) is 0 Å². The molecule has 116 valence electrons. The third-order valence-corrected chi connectivity index (χ3v) is 2.06. The standard InChI is InChI=1S/C11H17F3N2O4/c1-3-18-10(19-4-2)9-15-8(16-20-9)5-6-17-7-11(12,13)14/h10H,3-7H2,1-2H3. The molecule has 0 unspecified atom stereocenters. The quantitative estimate of drug-likeness (QED) is 0.514. The summed E-state index contributed by atoms with van der Waals surface area (Å²) < 4.78 is 55.5. The van der Waals surface area contributed by atoms with E-state index in [1.54, 1.807) is 13.8 Å². The van der Waals surface area contributed by atoms with E-state index >= 15 is 0 Å². The lowest BCUT2D eigenvalue weighted by molar-refractivity contribution is -0.173. The lowest BCUT2D eigenvalue weighted by Crippen LogP contribution is -2.18. The highest BCUT2D eigenvalue weighted by atomic mass is 19.4. The third kappa shape index (κ3) is 6.31. The van der Waals surface area contributed by atoms with Crippen LogP contribution in [0.3, 0.4) is 0 Å². The Morgan fingerprint density at radius 2 is 1.85 bits per heavy atom. The first-order chi connectivity index (χ1) is 9.46. The highest BCUT2D eigenvalue weighted by Gasteiger charge is 2.27. The number of alkyl halides is 3. The number of halogens is 3. The topological polar surface area (TPSA) is 66.6 Å². The highest BCUT2D eigenvalue weighted by Crippen LogP contribution is 2.17. The second-order valence-corrected chi connectivity index (χ2v) is 3.71. The summed E-state index contributed by atoms with van der Waals surface area (Å²) in [6.07, 6.45) is -4.98. The average Bonchev–Trinajstić information content (AvgIpc) is 2.82. The zero-order valence-corrected chi connectivity index (χ0v) is 11.3. The predicted octanol–water partition coefficient (Wildman–Crippen LogP) is 2.26. The molecule has 0 bridgehead atoms. The van der Waals surface area contributed by atoms with Gasteiger partial charge in [0.05, 0.1) is 6.61 Å². The minimum Gasteiger partial charge on any atom is -0.372 e. The second-order valence-electron chi connectivity index (χ2n) is 3.71. The molecule has 6 nitrogen and oxygen atoms in total. The Morgan fingerprint density at radius 1 is 1.20 bits per heavy atom. The van der Waals surface area contributed by atoms with Crippen LogP contribution in [0.2, 0.25) is 0 Å². The van der Waals surface area contributed by atoms with Gasteiger partial charge in [0.2, 0.25) is 6.29 Å². The summed E-state index contributed by atoms with van der Waals surface area (Å²) in [6, 6.07) is 0. The number of rotatable bonds is 9. The van der Waals surface area contributed by atoms with Crippen LogP contribution in [0, 0.1) is 0 Å². The Balaban J connectivity index is 2.41. The van der Waals surface area contributed by atoms with Crippen LogP contribution in [-0.4, -0.2) is 42.7 Å². The zero-order chi connectivity index (χ0) is 15.0. The Bertz CT molecular complexity index is 378. The Labute approximate surface area is 114 Å². The van der Waals surface area contributed by atoms with Gasteiger partial charge in [-0.1, -0.05) is 5.16 Å². The van der Waals surface area contributed by atoms with Gasteiger partial charge >= 0.3 is 6.18 Å². The van der Waals surface area contributed by atoms with Gasteiger partial charge in [-0.2, -0.15) is 18.2 Å². The lowest BCUT2D eigenvalue weighted by Gasteiger charge is -2.11. The van der Waals surface area contributed by atoms with Crippen molar-refractivity contribution in [3.05, 3.63) is 11.7 Å². The van der Waals surface area contributed by atoms with Gasteiger partial charge in [-0.3, -0.25) is 0 Å². The minimum absolute atomic E-state index is 0.116. The molecule has 0 saturated carbocycles. The van der Waals surface area contributed by atoms with Gasteiger partial charge in [-0.25, -0.2) is 0 Å². The van der Waals surface area contributed by atoms with Gasteiger partial charge in [0.15, 0.2) is 5.82 Å². The van der Waals surface area contributed by atoms with Crippen molar-refractivity contribution in [3.63, 3.8) is 0 Å². The summed E-state index contributed by atoms with van der Waals surface area (Å²) in [5.41, 5.74) is 0. The lowest BCUT2D eigenvalue weighted by atomic mass is 10.4. The van der Waals surface area contributed by atoms with Crippen molar-refractivity contribution >= 4 is 0 Å². The molecule has 1 rings (SSSR count). The van der Waals surface area contributed by atoms with Gasteiger partial charge in [0, 0.05) is 19.6 Å². The zero-order valence-electron chi connectivity index (χ0n) is 11.3. The van der Waals surface area contributed by atoms with Crippen LogP contribution in [0.4, 0.5) is 13.2 Å². The van der Waals surface area contributed by atoms with Crippen LogP contribution in [0.1, 0.15) is 31.9 Å². The van der Waals surface area contributed by atoms with Crippen molar-refractivity contribution in [1.82, 2.24) is 10.1 Å². The number of hydrogen-bond acceptors (Lipinski definition) is 6. The summed E-state index contributed by atoms with van der Waals surface area (Å²) in [4.78, 5) is 3.99. The van der Waals surface area contributed by atoms with Crippen molar-refractivity contribution < 1.29 is 31.9 Å². The molecule has 1 heterocycles. The molecule has 20 heavy (non-hydrogen) atoms. The van der Waals surface area contributed by atoms with E-state index in [1.807, 2.05) is 0 Å². The van der Waals surface area contributed by atoms with Crippen molar-refractivity contribution in [2.45, 2.75) is 32.7 Å². The Kier molecular flexibility index (Phi) is 6.89. The largest absolute Gasteiger partial charge is 0.411 e. The molecule has 0 aliphatic rings. The summed E-state index contributed by atoms with van der Waals surface area (Å²) in [5, 5.41) is 3.63. The Morgan fingerprint density at radius 3 is 2.40 bits per heavy atom. The fourth-order valence-corrected chi connectivity index (χ4v) is 1.31. The third-order valence-electron chi connectivity index (χ3n) is 2.06. The van der Waals surface area contributed by atoms with Gasteiger partial charge in [0.25, 0.3) is 5.89 Å². The molecular formula is C11H17F3N2O4. The van der Waals surface area contributed by atoms with E-state index in [0.29, 0.717) is 13.2 Å². The molecule has 0 fully saturated rings. The van der Waals surface area contributed by atoms with Gasteiger partial charge < -0.3 is 18.7 Å². The van der Waals surface area contributed by atoms with Crippen molar-refractivity contribution in [3.8, 4) is 0 Å². The maximum Gasteiger partial charge on any atom is 0.411 e. The molecule has 9 heteroatoms. The number of aromatic nitrogens is 2. The molecule has 0 radical (unpaired) electrons. The smallest absolute Gasteiger partial charge is 0.372 e. The number of hydrogen-bond donors (Lipinski definition) is 0. The number of ether oxygens (including phenoxy) is 3. The molecule has 0 aromatic carbocycles. The number of nitrogens with zero attached hydrogens (tertiary/aromatic N) is 2. The first-order valence-corrected chi connectivity index (χ1v) is 6.16. The molecule has 0 aliphatic heterocycles. The first-order valence-electron chi connectivity index (χ1n) is 6.16. The van der Waals surface area contributed by atoms with E-state index in [2.05, 4.69) is 14.9 Å². The highest BCUT2D eigenvalue weighted by molar-refractivity contribution is 4.88. The summed E-state index contributed by atoms with van der Waals surface area (Å²) in [6.45, 7) is 2.93.